The maximum absolute atomic E-state index is 12.2. The molecule has 1 rings (SSSR count). The lowest BCUT2D eigenvalue weighted by Gasteiger charge is -2.12. The number of nitrogens with one attached hydrogen (secondary N) is 2. The summed E-state index contributed by atoms with van der Waals surface area (Å²) in [5.41, 5.74) is 0.843. The molecule has 0 radical (unpaired) electrons. The summed E-state index contributed by atoms with van der Waals surface area (Å²) in [6.45, 7) is 5.96. The molecule has 21 heavy (non-hydrogen) atoms. The van der Waals surface area contributed by atoms with Crippen LogP contribution in [0.25, 0.3) is 0 Å². The molecular weight excluding hydrogens is 288 g/mol. The molecule has 0 aromatic heterocycles. The van der Waals surface area contributed by atoms with Gasteiger partial charge in [0.2, 0.25) is 10.0 Å². The number of unbranched alkanes of at least 4 members (excludes halogenated alkanes) is 2. The molecule has 0 saturated heterocycles. The van der Waals surface area contributed by atoms with E-state index in [1.807, 2.05) is 6.92 Å². The van der Waals surface area contributed by atoms with Crippen LogP contribution in [0.2, 0.25) is 0 Å². The van der Waals surface area contributed by atoms with Crippen molar-refractivity contribution in [2.75, 3.05) is 20.2 Å². The predicted molar refractivity (Wildman–Crippen MR) is 85.1 cm³/mol. The van der Waals surface area contributed by atoms with Gasteiger partial charge in [-0.05, 0) is 31.2 Å². The van der Waals surface area contributed by atoms with Gasteiger partial charge in [-0.2, -0.15) is 0 Å². The highest BCUT2D eigenvalue weighted by Crippen LogP contribution is 2.22. The Bertz CT molecular complexity index is 530. The Balaban J connectivity index is 2.85. The zero-order valence-corrected chi connectivity index (χ0v) is 13.9. The third kappa shape index (κ3) is 5.65. The van der Waals surface area contributed by atoms with E-state index in [-0.39, 0.29) is 4.90 Å². The van der Waals surface area contributed by atoms with Gasteiger partial charge in [0.25, 0.3) is 0 Å². The highest BCUT2D eigenvalue weighted by Gasteiger charge is 2.15. The molecule has 0 amide bonds. The van der Waals surface area contributed by atoms with Crippen molar-refractivity contribution in [1.29, 1.82) is 0 Å². The number of sulfonamides is 1. The first kappa shape index (κ1) is 17.9. The Labute approximate surface area is 128 Å². The number of ether oxygens (including phenoxy) is 1. The van der Waals surface area contributed by atoms with Gasteiger partial charge in [-0.15, -0.1) is 0 Å². The molecule has 0 bridgehead atoms. The second kappa shape index (κ2) is 9.02. The summed E-state index contributed by atoms with van der Waals surface area (Å²) < 4.78 is 32.4. The number of hydrogen-bond acceptors (Lipinski definition) is 4. The van der Waals surface area contributed by atoms with E-state index >= 15 is 0 Å². The molecule has 0 atom stereocenters. The van der Waals surface area contributed by atoms with E-state index in [0.29, 0.717) is 18.8 Å². The van der Waals surface area contributed by atoms with Gasteiger partial charge in [-0.25, -0.2) is 13.1 Å². The zero-order valence-electron chi connectivity index (χ0n) is 13.1. The summed E-state index contributed by atoms with van der Waals surface area (Å²) in [7, 11) is -1.86. The number of rotatable bonds is 10. The third-order valence-corrected chi connectivity index (χ3v) is 4.66. The topological polar surface area (TPSA) is 67.4 Å². The smallest absolute Gasteiger partial charge is 0.240 e. The van der Waals surface area contributed by atoms with Crippen LogP contribution in [0.1, 0.15) is 38.7 Å². The van der Waals surface area contributed by atoms with Crippen molar-refractivity contribution < 1.29 is 13.2 Å². The Morgan fingerprint density at radius 1 is 1.19 bits per heavy atom. The first-order valence-electron chi connectivity index (χ1n) is 7.42. The minimum absolute atomic E-state index is 0.285. The van der Waals surface area contributed by atoms with Gasteiger partial charge in [0.1, 0.15) is 5.75 Å². The van der Waals surface area contributed by atoms with Crippen molar-refractivity contribution in [2.45, 2.75) is 44.6 Å². The Kier molecular flexibility index (Phi) is 7.71. The lowest BCUT2D eigenvalue weighted by atomic mass is 10.2. The van der Waals surface area contributed by atoms with Gasteiger partial charge >= 0.3 is 0 Å². The van der Waals surface area contributed by atoms with Crippen molar-refractivity contribution in [3.8, 4) is 5.75 Å². The van der Waals surface area contributed by atoms with E-state index in [0.717, 1.165) is 31.4 Å². The molecule has 1 aromatic rings. The van der Waals surface area contributed by atoms with Gasteiger partial charge < -0.3 is 10.1 Å². The number of benzene rings is 1. The van der Waals surface area contributed by atoms with Gasteiger partial charge in [-0.3, -0.25) is 0 Å². The van der Waals surface area contributed by atoms with Crippen molar-refractivity contribution >= 4 is 10.0 Å². The van der Waals surface area contributed by atoms with Crippen LogP contribution in [-0.4, -0.2) is 28.6 Å². The Hall–Kier alpha value is -1.11. The molecule has 0 saturated carbocycles. The van der Waals surface area contributed by atoms with Crippen LogP contribution in [0, 0.1) is 0 Å². The largest absolute Gasteiger partial charge is 0.496 e. The van der Waals surface area contributed by atoms with Gasteiger partial charge in [-0.1, -0.05) is 26.7 Å². The summed E-state index contributed by atoms with van der Waals surface area (Å²) in [5, 5.41) is 3.18. The van der Waals surface area contributed by atoms with E-state index < -0.39 is 10.0 Å². The quantitative estimate of drug-likeness (QED) is 0.650. The fourth-order valence-corrected chi connectivity index (χ4v) is 3.11. The molecule has 0 unspecified atom stereocenters. The van der Waals surface area contributed by atoms with E-state index in [1.165, 1.54) is 0 Å². The third-order valence-electron chi connectivity index (χ3n) is 3.20. The average molecular weight is 314 g/mol. The van der Waals surface area contributed by atoms with Gasteiger partial charge in [0, 0.05) is 18.7 Å². The van der Waals surface area contributed by atoms with Gasteiger partial charge in [0.05, 0.1) is 12.0 Å². The molecule has 0 aliphatic rings. The highest BCUT2D eigenvalue weighted by atomic mass is 32.2. The van der Waals surface area contributed by atoms with E-state index in [1.54, 1.807) is 25.3 Å². The second-order valence-electron chi connectivity index (χ2n) is 4.86. The first-order valence-corrected chi connectivity index (χ1v) is 8.90. The van der Waals surface area contributed by atoms with Crippen molar-refractivity contribution in [3.63, 3.8) is 0 Å². The zero-order chi connectivity index (χ0) is 15.7. The average Bonchev–Trinajstić information content (AvgIpc) is 2.49. The monoisotopic (exact) mass is 314 g/mol. The molecule has 0 aliphatic carbocycles. The van der Waals surface area contributed by atoms with Crippen LogP contribution in [0.3, 0.4) is 0 Å². The molecule has 6 heteroatoms. The van der Waals surface area contributed by atoms with Crippen molar-refractivity contribution in [3.05, 3.63) is 23.8 Å². The molecule has 0 fully saturated rings. The minimum atomic E-state index is -3.45. The highest BCUT2D eigenvalue weighted by molar-refractivity contribution is 7.89. The molecular formula is C15H26N2O3S. The predicted octanol–water partition coefficient (Wildman–Crippen LogP) is 2.27. The fourth-order valence-electron chi connectivity index (χ4n) is 1.98. The molecule has 2 N–H and O–H groups in total. The number of hydrogen-bond donors (Lipinski definition) is 2. The fraction of sp³-hybridized carbons (Fsp3) is 0.600. The summed E-state index contributed by atoms with van der Waals surface area (Å²) in [6.07, 6.45) is 2.95. The van der Waals surface area contributed by atoms with Crippen LogP contribution < -0.4 is 14.8 Å². The van der Waals surface area contributed by atoms with Crippen molar-refractivity contribution in [2.24, 2.45) is 0 Å². The Morgan fingerprint density at radius 2 is 1.95 bits per heavy atom. The van der Waals surface area contributed by atoms with E-state index in [9.17, 15) is 8.42 Å². The number of methoxy groups -OCH3 is 1. The molecule has 0 heterocycles. The van der Waals surface area contributed by atoms with Crippen LogP contribution >= 0.6 is 0 Å². The van der Waals surface area contributed by atoms with E-state index in [2.05, 4.69) is 17.0 Å². The maximum Gasteiger partial charge on any atom is 0.240 e. The van der Waals surface area contributed by atoms with E-state index in [4.69, 9.17) is 4.74 Å². The molecule has 5 nitrogen and oxygen atoms in total. The standard InChI is InChI=1S/C15H26N2O3S/c1-4-6-7-10-17-21(18,19)14-8-9-15(20-3)13(11-14)12-16-5-2/h8-9,11,16-17H,4-7,10,12H2,1-3H3. The first-order chi connectivity index (χ1) is 10.0. The summed E-state index contributed by atoms with van der Waals surface area (Å²) in [6, 6.07) is 4.95. The second-order valence-corrected chi connectivity index (χ2v) is 6.63. The molecule has 0 aliphatic heterocycles. The van der Waals surface area contributed by atoms with Crippen LogP contribution in [0.15, 0.2) is 23.1 Å². The SMILES string of the molecule is CCCCCNS(=O)(=O)c1ccc(OC)c(CNCC)c1. The Morgan fingerprint density at radius 3 is 2.57 bits per heavy atom. The molecule has 120 valence electrons. The molecule has 0 spiro atoms. The normalized spacial score (nSPS) is 11.6. The van der Waals surface area contributed by atoms with Gasteiger partial charge in [0.15, 0.2) is 0 Å². The van der Waals surface area contributed by atoms with Crippen LogP contribution in [-0.2, 0) is 16.6 Å². The van der Waals surface area contributed by atoms with Crippen LogP contribution in [0.5, 0.6) is 5.75 Å². The maximum atomic E-state index is 12.2. The summed E-state index contributed by atoms with van der Waals surface area (Å²) in [5.74, 6) is 0.695. The lowest BCUT2D eigenvalue weighted by molar-refractivity contribution is 0.407. The van der Waals surface area contributed by atoms with Crippen LogP contribution in [0.4, 0.5) is 0 Å². The summed E-state index contributed by atoms with van der Waals surface area (Å²) >= 11 is 0. The van der Waals surface area contributed by atoms with Crippen molar-refractivity contribution in [1.82, 2.24) is 10.0 Å². The minimum Gasteiger partial charge on any atom is -0.496 e. The lowest BCUT2D eigenvalue weighted by Crippen LogP contribution is -2.25. The summed E-state index contributed by atoms with van der Waals surface area (Å²) in [4.78, 5) is 0.285. The molecule has 1 aromatic carbocycles.